The fourth-order valence-electron chi connectivity index (χ4n) is 14.9. The van der Waals surface area contributed by atoms with Gasteiger partial charge >= 0.3 is 23.9 Å². The lowest BCUT2D eigenvalue weighted by molar-refractivity contribution is -0.146. The number of benzene rings is 4. The first-order chi connectivity index (χ1) is 46.4. The number of aliphatic hydroxyl groups excluding tert-OH is 4. The SMILES string of the molecule is O=C(O)[C@@H]1[C@H](O)CCN1Cc1c(O)c2cc(c1O)C(CCS(=O)(=O)O)c1cc(c(O)c(CN3CC[C@@H](O)[C@H]3C(=O)O)c1O)C(CCS(=O)(=O)O)c1cc(c(O)c(CN3CC[C@@H](O)[C@H]3C(=O)O)c1O)C(CCS(=O)(=O)O)c1cc(c(O)c(CN3CC[C@@H](O)[C@H]3C(=O)O)c1O)C2CCS(=O)(=O)O. The van der Waals surface area contributed by atoms with Crippen LogP contribution in [-0.4, -0.2) is 275 Å². The van der Waals surface area contributed by atoms with Crippen LogP contribution in [-0.2, 0) is 85.8 Å². The molecular weight excluding hydrogens is 1420 g/mol. The zero-order valence-corrected chi connectivity index (χ0v) is 55.9. The highest BCUT2D eigenvalue weighted by molar-refractivity contribution is 7.86. The number of likely N-dealkylation sites (tertiary alicyclic amines) is 4. The number of carboxylic acid groups (broad SMARTS) is 4. The monoisotopic (exact) mass is 1490 g/mol. The van der Waals surface area contributed by atoms with E-state index in [9.17, 15) is 153 Å². The Morgan fingerprint density at radius 2 is 0.460 bits per heavy atom. The molecule has 9 rings (SSSR count). The van der Waals surface area contributed by atoms with Crippen LogP contribution in [0.25, 0.3) is 0 Å². The molecule has 4 aliphatic heterocycles. The molecule has 4 aromatic carbocycles. The summed E-state index contributed by atoms with van der Waals surface area (Å²) in [4.78, 5) is 55.5. The predicted molar refractivity (Wildman–Crippen MR) is 340 cm³/mol. The van der Waals surface area contributed by atoms with Crippen molar-refractivity contribution >= 4 is 64.3 Å². The summed E-state index contributed by atoms with van der Waals surface area (Å²) in [6.45, 7) is -5.32. The van der Waals surface area contributed by atoms with Crippen molar-refractivity contribution in [2.75, 3.05) is 49.2 Å². The number of carbonyl (C=O) groups is 4. The van der Waals surface area contributed by atoms with E-state index >= 15 is 0 Å². The number of rotatable bonds is 24. The molecule has 36 nitrogen and oxygen atoms in total. The number of hydrogen-bond acceptors (Lipinski definition) is 28. The number of nitrogens with zero attached hydrogens (tertiary/aromatic N) is 4. The summed E-state index contributed by atoms with van der Waals surface area (Å²) in [5, 5.41) is 189. The van der Waals surface area contributed by atoms with E-state index in [1.54, 1.807) is 0 Å². The molecule has 8 bridgehead atoms. The van der Waals surface area contributed by atoms with E-state index in [1.807, 2.05) is 0 Å². The summed E-state index contributed by atoms with van der Waals surface area (Å²) in [7, 11) is -21.2. The van der Waals surface area contributed by atoms with Crippen molar-refractivity contribution in [3.8, 4) is 46.0 Å². The summed E-state index contributed by atoms with van der Waals surface area (Å²) in [5.74, 6) is -30.4. The Kier molecular flexibility index (Phi) is 22.3. The van der Waals surface area contributed by atoms with Gasteiger partial charge in [0.15, 0.2) is 0 Å². The number of fused-ring (bicyclic) bond motifs is 8. The maximum Gasteiger partial charge on any atom is 0.323 e. The Balaban J connectivity index is 1.55. The van der Waals surface area contributed by atoms with E-state index in [-0.39, 0.29) is 51.9 Å². The second kappa shape index (κ2) is 29.1. The highest BCUT2D eigenvalue weighted by atomic mass is 32.2. The Bertz CT molecular complexity index is 3720. The maximum absolute atomic E-state index is 13.1. The Morgan fingerprint density at radius 1 is 0.310 bits per heavy atom. The van der Waals surface area contributed by atoms with Gasteiger partial charge in [-0.15, -0.1) is 0 Å². The van der Waals surface area contributed by atoms with Crippen molar-refractivity contribution in [1.29, 1.82) is 0 Å². The summed E-state index contributed by atoms with van der Waals surface area (Å²) in [6.07, 6.45) is -12.2. The van der Waals surface area contributed by atoms with Crippen molar-refractivity contribution in [1.82, 2.24) is 19.6 Å². The molecular formula is C60H76N4O32S4. The Labute approximate surface area is 570 Å². The smallest absolute Gasteiger partial charge is 0.323 e. The van der Waals surface area contributed by atoms with Gasteiger partial charge in [0.05, 0.1) is 69.7 Å². The van der Waals surface area contributed by atoms with Crippen LogP contribution in [0.3, 0.4) is 0 Å². The van der Waals surface area contributed by atoms with Crippen molar-refractivity contribution in [2.45, 2.75) is 150 Å². The fourth-order valence-corrected chi connectivity index (χ4v) is 17.1. The zero-order valence-electron chi connectivity index (χ0n) is 52.6. The van der Waals surface area contributed by atoms with Crippen LogP contribution in [0.5, 0.6) is 46.0 Å². The highest BCUT2D eigenvalue weighted by Gasteiger charge is 2.47. The minimum atomic E-state index is -5.30. The van der Waals surface area contributed by atoms with Gasteiger partial charge < -0.3 is 81.7 Å². The first-order valence-corrected chi connectivity index (χ1v) is 37.5. The molecule has 4 saturated heterocycles. The summed E-state index contributed by atoms with van der Waals surface area (Å²) >= 11 is 0. The molecule has 0 radical (unpaired) electrons. The van der Waals surface area contributed by atoms with Gasteiger partial charge in [0, 0.05) is 121 Å². The minimum Gasteiger partial charge on any atom is -0.507 e. The molecule has 8 atom stereocenters. The van der Waals surface area contributed by atoms with E-state index in [4.69, 9.17) is 0 Å². The molecule has 552 valence electrons. The quantitative estimate of drug-likeness (QED) is 0.0388. The molecule has 0 unspecified atom stereocenters. The molecule has 40 heteroatoms. The van der Waals surface area contributed by atoms with Crippen LogP contribution in [0, 0.1) is 0 Å². The van der Waals surface area contributed by atoms with E-state index in [1.165, 1.54) is 0 Å². The number of aliphatic hydroxyl groups is 4. The van der Waals surface area contributed by atoms with E-state index < -0.39 is 324 Å². The second-order valence-electron chi connectivity index (χ2n) is 25.9. The second-order valence-corrected chi connectivity index (χ2v) is 32.2. The van der Waals surface area contributed by atoms with Crippen molar-refractivity contribution in [3.05, 3.63) is 91.0 Å². The Hall–Kier alpha value is -7.52. The number of aromatic hydroxyl groups is 8. The van der Waals surface area contributed by atoms with Crippen molar-refractivity contribution in [2.24, 2.45) is 0 Å². The molecule has 4 heterocycles. The van der Waals surface area contributed by atoms with Crippen LogP contribution < -0.4 is 0 Å². The Morgan fingerprint density at radius 3 is 0.590 bits per heavy atom. The third kappa shape index (κ3) is 16.0. The van der Waals surface area contributed by atoms with Crippen LogP contribution in [0.4, 0.5) is 0 Å². The molecule has 4 fully saturated rings. The van der Waals surface area contributed by atoms with Crippen molar-refractivity contribution in [3.63, 3.8) is 0 Å². The lowest BCUT2D eigenvalue weighted by Crippen LogP contribution is -2.41. The van der Waals surface area contributed by atoms with Gasteiger partial charge in [-0.25, -0.2) is 0 Å². The first kappa shape index (κ1) is 76.7. The number of phenols is 8. The van der Waals surface area contributed by atoms with E-state index in [2.05, 4.69) is 0 Å². The maximum atomic E-state index is 13.1. The summed E-state index contributed by atoms with van der Waals surface area (Å²) < 4.78 is 147. The van der Waals surface area contributed by atoms with Crippen LogP contribution in [0.15, 0.2) is 24.3 Å². The molecule has 100 heavy (non-hydrogen) atoms. The molecule has 0 aromatic heterocycles. The van der Waals surface area contributed by atoms with Gasteiger partial charge in [0.1, 0.15) is 70.2 Å². The highest BCUT2D eigenvalue weighted by Crippen LogP contribution is 2.57. The lowest BCUT2D eigenvalue weighted by Gasteiger charge is -2.33. The van der Waals surface area contributed by atoms with Crippen LogP contribution in [0.1, 0.15) is 142 Å². The third-order valence-electron chi connectivity index (χ3n) is 19.7. The van der Waals surface area contributed by atoms with Gasteiger partial charge in [0.2, 0.25) is 0 Å². The standard InChI is InChI=1S/C60H76N4O32S4/c65-41-1-9-61(45(41)57(77)78)21-37-49(69)29-17-30(50(37)70)26(6-14-98(88,89)90)32-19-34(54(74)39(52(32)72)23-63-11-3-43(67)47(63)59(81)82)28(8-16-100(94,95)96)36-20-35(55(75)40(56(36)76)24-64-12-4-44(68)48(64)60(83)84)27(7-15-99(91,92)93)33-18-31(25(29)5-13-97(85,86)87)51(71)38(53(33)73)22-62-10-2-42(66)46(62)58(79)80/h17-20,25-28,41-48,65-76H,1-16,21-24H2,(H,77,78)(H,79,80)(H,81,82)(H,83,84)(H,85,86,87)(H,88,89,90)(H,91,92,93)(H,94,95,96)/t25?,26?,27?,28?,41-,42-,43-,44-,45+,46+,47+,48+/m1/s1. The number of aliphatic carboxylic acids is 4. The summed E-state index contributed by atoms with van der Waals surface area (Å²) in [5.41, 5.74) is -9.29. The fraction of sp³-hybridized carbons (Fsp3) is 0.533. The van der Waals surface area contributed by atoms with Crippen LogP contribution >= 0.6 is 0 Å². The number of carboxylic acids is 4. The molecule has 4 aromatic rings. The first-order valence-electron chi connectivity index (χ1n) is 31.1. The van der Waals surface area contributed by atoms with Crippen LogP contribution in [0.2, 0.25) is 0 Å². The van der Waals surface area contributed by atoms with Gasteiger partial charge in [-0.2, -0.15) is 33.7 Å². The molecule has 5 aliphatic rings. The lowest BCUT2D eigenvalue weighted by atomic mass is 9.75. The largest absolute Gasteiger partial charge is 0.507 e. The zero-order chi connectivity index (χ0) is 74.1. The van der Waals surface area contributed by atoms with Gasteiger partial charge in [-0.1, -0.05) is 0 Å². The minimum absolute atomic E-state index is 0.289. The van der Waals surface area contributed by atoms with Gasteiger partial charge in [0.25, 0.3) is 40.5 Å². The average molecular weight is 1490 g/mol. The normalized spacial score (nSPS) is 25.8. The van der Waals surface area contributed by atoms with Gasteiger partial charge in [-0.05, 0) is 75.6 Å². The van der Waals surface area contributed by atoms with E-state index in [0.29, 0.717) is 0 Å². The molecule has 20 N–H and O–H groups in total. The molecule has 1 aliphatic carbocycles. The van der Waals surface area contributed by atoms with Gasteiger partial charge in [-0.3, -0.25) is 57.0 Å². The topological polar surface area (TPSA) is 622 Å². The molecule has 0 spiro atoms. The average Bonchev–Trinajstić information content (AvgIpc) is 0.833. The summed E-state index contributed by atoms with van der Waals surface area (Å²) in [6, 6.07) is -4.27. The predicted octanol–water partition coefficient (Wildman–Crippen LogP) is -0.637. The number of phenolic OH excluding ortho intramolecular Hbond substituents is 8. The molecule has 0 amide bonds. The number of hydrogen-bond donors (Lipinski definition) is 20. The van der Waals surface area contributed by atoms with E-state index in [0.717, 1.165) is 43.9 Å². The third-order valence-corrected chi connectivity index (χ3v) is 22.7. The van der Waals surface area contributed by atoms with Crippen molar-refractivity contribution < 1.29 is 153 Å². The molecule has 0 saturated carbocycles.